The first kappa shape index (κ1) is 24.1. The average molecular weight is 495 g/mol. The van der Waals surface area contributed by atoms with E-state index in [1.807, 2.05) is 13.8 Å². The minimum absolute atomic E-state index is 0. The normalized spacial score (nSPS) is 16.9. The monoisotopic (exact) mass is 495 g/mol. The molecule has 0 bridgehead atoms. The summed E-state index contributed by atoms with van der Waals surface area (Å²) in [5, 5.41) is 6.53. The van der Waals surface area contributed by atoms with Crippen LogP contribution in [0, 0.1) is 17.0 Å². The Morgan fingerprint density at radius 1 is 1.30 bits per heavy atom. The van der Waals surface area contributed by atoms with E-state index in [0.29, 0.717) is 12.1 Å². The van der Waals surface area contributed by atoms with Gasteiger partial charge in [0.05, 0.1) is 0 Å². The Morgan fingerprint density at radius 3 is 2.59 bits per heavy atom. The lowest BCUT2D eigenvalue weighted by Crippen LogP contribution is -2.41. The van der Waals surface area contributed by atoms with Gasteiger partial charge in [-0.25, -0.2) is 8.78 Å². The molecule has 0 amide bonds. The molecule has 0 saturated heterocycles. The molecule has 2 N–H and O–H groups in total. The first-order chi connectivity index (χ1) is 12.5. The highest BCUT2D eigenvalue weighted by Gasteiger charge is 2.36. The van der Waals surface area contributed by atoms with Crippen molar-refractivity contribution in [1.29, 1.82) is 0 Å². The predicted octanol–water partition coefficient (Wildman–Crippen LogP) is 4.45. The zero-order valence-corrected chi connectivity index (χ0v) is 18.8. The maximum atomic E-state index is 13.9. The van der Waals surface area contributed by atoms with Crippen molar-refractivity contribution in [2.75, 3.05) is 33.4 Å². The smallest absolute Gasteiger partial charge is 0.191 e. The van der Waals surface area contributed by atoms with E-state index in [9.17, 15) is 8.78 Å². The molecule has 1 aliphatic rings. The molecule has 1 aromatic rings. The van der Waals surface area contributed by atoms with Crippen LogP contribution in [-0.4, -0.2) is 39.3 Å². The number of methoxy groups -OCH3 is 1. The molecule has 1 fully saturated rings. The van der Waals surface area contributed by atoms with Crippen molar-refractivity contribution in [1.82, 2.24) is 10.6 Å². The molecule has 1 aromatic carbocycles. The maximum absolute atomic E-state index is 13.9. The largest absolute Gasteiger partial charge is 0.385 e. The molecule has 0 spiro atoms. The summed E-state index contributed by atoms with van der Waals surface area (Å²) < 4.78 is 32.2. The third-order valence-corrected chi connectivity index (χ3v) is 5.24. The molecule has 27 heavy (non-hydrogen) atoms. The van der Waals surface area contributed by atoms with Gasteiger partial charge in [-0.2, -0.15) is 0 Å². The van der Waals surface area contributed by atoms with Crippen molar-refractivity contribution in [2.24, 2.45) is 10.4 Å². The number of ether oxygens (including phenoxy) is 1. The standard InChI is InChI=1S/C20H31F2N3O.HI/c1-4-23-19(25-14-20(8-5-9-20)10-11-26-3)24-13-15(2)17-7-6-16(21)12-18(17)22;/h6-7,12,15H,4-5,8-11,13-14H2,1-3H3,(H2,23,24,25);1H. The number of aliphatic imine (C=N–C) groups is 1. The molecule has 1 saturated carbocycles. The zero-order chi connectivity index (χ0) is 19.0. The first-order valence-electron chi connectivity index (χ1n) is 9.46. The number of nitrogens with one attached hydrogen (secondary N) is 2. The molecule has 0 radical (unpaired) electrons. The zero-order valence-electron chi connectivity index (χ0n) is 16.5. The highest BCUT2D eigenvalue weighted by Crippen LogP contribution is 2.44. The van der Waals surface area contributed by atoms with Crippen LogP contribution in [0.4, 0.5) is 8.78 Å². The van der Waals surface area contributed by atoms with Gasteiger partial charge in [-0.05, 0) is 43.2 Å². The van der Waals surface area contributed by atoms with Crippen molar-refractivity contribution in [3.63, 3.8) is 0 Å². The second kappa shape index (κ2) is 11.8. The van der Waals surface area contributed by atoms with Crippen molar-refractivity contribution in [3.05, 3.63) is 35.4 Å². The molecule has 0 heterocycles. The molecule has 154 valence electrons. The molecule has 0 aromatic heterocycles. The van der Waals surface area contributed by atoms with Crippen LogP contribution in [-0.2, 0) is 4.74 Å². The third-order valence-electron chi connectivity index (χ3n) is 5.24. The van der Waals surface area contributed by atoms with E-state index in [1.165, 1.54) is 31.4 Å². The lowest BCUT2D eigenvalue weighted by Gasteiger charge is -2.40. The Hall–Kier alpha value is -0.960. The number of hydrogen-bond donors (Lipinski definition) is 2. The van der Waals surface area contributed by atoms with Crippen LogP contribution in [0.2, 0.25) is 0 Å². The summed E-state index contributed by atoms with van der Waals surface area (Å²) in [7, 11) is 1.73. The second-order valence-electron chi connectivity index (χ2n) is 7.24. The van der Waals surface area contributed by atoms with E-state index >= 15 is 0 Å². The van der Waals surface area contributed by atoms with Crippen molar-refractivity contribution in [2.45, 2.75) is 45.4 Å². The lowest BCUT2D eigenvalue weighted by atomic mass is 9.67. The molecule has 7 heteroatoms. The lowest BCUT2D eigenvalue weighted by molar-refractivity contribution is 0.0778. The molecule has 0 aliphatic heterocycles. The van der Waals surface area contributed by atoms with E-state index in [1.54, 1.807) is 7.11 Å². The molecule has 1 aliphatic carbocycles. The van der Waals surface area contributed by atoms with Crippen LogP contribution < -0.4 is 10.6 Å². The van der Waals surface area contributed by atoms with E-state index in [-0.39, 0.29) is 35.3 Å². The highest BCUT2D eigenvalue weighted by molar-refractivity contribution is 14.0. The third kappa shape index (κ3) is 7.18. The van der Waals surface area contributed by atoms with Crippen LogP contribution >= 0.6 is 24.0 Å². The van der Waals surface area contributed by atoms with E-state index in [2.05, 4.69) is 10.6 Å². The molecular formula is C20H32F2IN3O. The van der Waals surface area contributed by atoms with Crippen LogP contribution in [0.25, 0.3) is 0 Å². The van der Waals surface area contributed by atoms with Gasteiger partial charge in [0, 0.05) is 45.3 Å². The van der Waals surface area contributed by atoms with Gasteiger partial charge in [-0.3, -0.25) is 4.99 Å². The molecule has 1 unspecified atom stereocenters. The molecule has 2 rings (SSSR count). The summed E-state index contributed by atoms with van der Waals surface area (Å²) in [6, 6.07) is 3.74. The van der Waals surface area contributed by atoms with Gasteiger partial charge >= 0.3 is 0 Å². The fraction of sp³-hybridized carbons (Fsp3) is 0.650. The number of guanidine groups is 1. The summed E-state index contributed by atoms with van der Waals surface area (Å²) in [4.78, 5) is 4.75. The van der Waals surface area contributed by atoms with Gasteiger partial charge in [0.15, 0.2) is 5.96 Å². The number of halogens is 3. The topological polar surface area (TPSA) is 45.7 Å². The van der Waals surface area contributed by atoms with Crippen molar-refractivity contribution < 1.29 is 13.5 Å². The fourth-order valence-electron chi connectivity index (χ4n) is 3.33. The Kier molecular flexibility index (Phi) is 10.5. The number of nitrogens with zero attached hydrogens (tertiary/aromatic N) is 1. The van der Waals surface area contributed by atoms with Crippen LogP contribution in [0.3, 0.4) is 0 Å². The maximum Gasteiger partial charge on any atom is 0.191 e. The van der Waals surface area contributed by atoms with Gasteiger partial charge in [0.2, 0.25) is 0 Å². The summed E-state index contributed by atoms with van der Waals surface area (Å²) >= 11 is 0. The fourth-order valence-corrected chi connectivity index (χ4v) is 3.33. The second-order valence-corrected chi connectivity index (χ2v) is 7.24. The summed E-state index contributed by atoms with van der Waals surface area (Å²) in [6.45, 7) is 6.75. The number of benzene rings is 1. The van der Waals surface area contributed by atoms with Crippen LogP contribution in [0.1, 0.15) is 51.0 Å². The Bertz CT molecular complexity index is 609. The summed E-state index contributed by atoms with van der Waals surface area (Å²) in [5.41, 5.74) is 0.762. The number of rotatable bonds is 9. The van der Waals surface area contributed by atoms with Crippen molar-refractivity contribution >= 4 is 29.9 Å². The van der Waals surface area contributed by atoms with E-state index in [0.717, 1.165) is 38.1 Å². The minimum Gasteiger partial charge on any atom is -0.385 e. The van der Waals surface area contributed by atoms with Gasteiger partial charge in [-0.1, -0.05) is 19.4 Å². The Balaban J connectivity index is 0.00000364. The average Bonchev–Trinajstić information content (AvgIpc) is 2.58. The van der Waals surface area contributed by atoms with Gasteiger partial charge in [0.25, 0.3) is 0 Å². The molecule has 4 nitrogen and oxygen atoms in total. The quantitative estimate of drug-likeness (QED) is 0.303. The van der Waals surface area contributed by atoms with Crippen LogP contribution in [0.15, 0.2) is 23.2 Å². The summed E-state index contributed by atoms with van der Waals surface area (Å²) in [6.07, 6.45) is 4.67. The van der Waals surface area contributed by atoms with Gasteiger partial charge in [0.1, 0.15) is 11.6 Å². The van der Waals surface area contributed by atoms with E-state index < -0.39 is 11.6 Å². The van der Waals surface area contributed by atoms with E-state index in [4.69, 9.17) is 9.73 Å². The highest BCUT2D eigenvalue weighted by atomic mass is 127. The minimum atomic E-state index is -0.553. The van der Waals surface area contributed by atoms with Crippen LogP contribution in [0.5, 0.6) is 0 Å². The van der Waals surface area contributed by atoms with Crippen molar-refractivity contribution in [3.8, 4) is 0 Å². The van der Waals surface area contributed by atoms with Gasteiger partial charge in [-0.15, -0.1) is 24.0 Å². The number of hydrogen-bond acceptors (Lipinski definition) is 2. The Morgan fingerprint density at radius 2 is 2.04 bits per heavy atom. The summed E-state index contributed by atoms with van der Waals surface area (Å²) in [5.74, 6) is -0.409. The SMILES string of the molecule is CCNC(=NCC1(CCOC)CCC1)NCC(C)c1ccc(F)cc1F.I. The predicted molar refractivity (Wildman–Crippen MR) is 117 cm³/mol. The Labute approximate surface area is 178 Å². The molecule has 1 atom stereocenters. The first-order valence-corrected chi connectivity index (χ1v) is 9.46. The van der Waals surface area contributed by atoms with Gasteiger partial charge < -0.3 is 15.4 Å². The molecular weight excluding hydrogens is 463 g/mol.